The van der Waals surface area contributed by atoms with Gasteiger partial charge >= 0.3 is 17.5 Å². The molecule has 3 aromatic rings. The van der Waals surface area contributed by atoms with Gasteiger partial charge in [-0.2, -0.15) is 0 Å². The standard InChI is InChI=1S/C23H20N2O4S/c1-14-13-24-23(30-14)25-18-12-21(29-20-10-6-4-8-16(18)20)17(22(27)28-2)11-15-7-3-5-9-19(15)26/h3-11,13,18H,12H2,1-2H3,(H-,24,25,26,27)/p+1. The smallest absolute Gasteiger partial charge is 0.358 e. The number of carbonyl (C=O) groups is 1. The van der Waals surface area contributed by atoms with Crippen LogP contribution in [-0.4, -0.2) is 29.0 Å². The lowest BCUT2D eigenvalue weighted by Gasteiger charge is -2.19. The first-order chi connectivity index (χ1) is 14.5. The zero-order chi connectivity index (χ0) is 21.1. The lowest BCUT2D eigenvalue weighted by Crippen LogP contribution is -2.24. The van der Waals surface area contributed by atoms with Crippen LogP contribution in [0.3, 0.4) is 0 Å². The Hall–Kier alpha value is -3.45. The van der Waals surface area contributed by atoms with E-state index in [1.165, 1.54) is 7.11 Å². The maximum absolute atomic E-state index is 12.6. The highest BCUT2D eigenvalue weighted by molar-refractivity contribution is 7.15. The number of para-hydroxylation sites is 2. The highest BCUT2D eigenvalue weighted by Gasteiger charge is 2.38. The van der Waals surface area contributed by atoms with Gasteiger partial charge in [-0.05, 0) is 25.1 Å². The van der Waals surface area contributed by atoms with E-state index in [4.69, 9.17) is 9.16 Å². The van der Waals surface area contributed by atoms with Crippen molar-refractivity contribution in [2.24, 2.45) is 0 Å². The van der Waals surface area contributed by atoms with E-state index in [0.717, 1.165) is 15.6 Å². The van der Waals surface area contributed by atoms with Crippen molar-refractivity contribution in [1.82, 2.24) is 4.98 Å². The Bertz CT molecular complexity index is 1150. The fourth-order valence-electron chi connectivity index (χ4n) is 3.32. The van der Waals surface area contributed by atoms with Gasteiger partial charge in [0.05, 0.1) is 25.1 Å². The summed E-state index contributed by atoms with van der Waals surface area (Å²) in [5, 5.41) is 14.4. The number of methoxy groups -OCH3 is 1. The summed E-state index contributed by atoms with van der Waals surface area (Å²) in [4.78, 5) is 18.1. The van der Waals surface area contributed by atoms with Gasteiger partial charge in [-0.1, -0.05) is 30.3 Å². The second kappa shape index (κ2) is 8.51. The van der Waals surface area contributed by atoms with Crippen LogP contribution in [0.1, 0.15) is 28.5 Å². The number of ketones is 1. The summed E-state index contributed by atoms with van der Waals surface area (Å²) in [6.07, 6.45) is 3.83. The lowest BCUT2D eigenvalue weighted by molar-refractivity contribution is -0.371. The van der Waals surface area contributed by atoms with E-state index in [1.54, 1.807) is 41.7 Å². The van der Waals surface area contributed by atoms with Crippen LogP contribution in [0.5, 0.6) is 11.5 Å². The Balaban J connectivity index is 1.76. The van der Waals surface area contributed by atoms with Crippen LogP contribution in [0.15, 0.2) is 60.3 Å². The first-order valence-corrected chi connectivity index (χ1v) is 10.3. The number of hydrogen-bond donors (Lipinski definition) is 2. The molecule has 2 heterocycles. The number of hydrogen-bond acceptors (Lipinski definition) is 6. The van der Waals surface area contributed by atoms with Gasteiger partial charge in [0.15, 0.2) is 10.7 Å². The highest BCUT2D eigenvalue weighted by Crippen LogP contribution is 2.37. The molecule has 2 aromatic carbocycles. The number of benzene rings is 2. The molecule has 0 radical (unpaired) electrons. The van der Waals surface area contributed by atoms with Crippen LogP contribution >= 0.6 is 11.3 Å². The van der Waals surface area contributed by atoms with Gasteiger partial charge in [0.25, 0.3) is 0 Å². The van der Waals surface area contributed by atoms with Crippen LogP contribution in [0, 0.1) is 6.92 Å². The van der Waals surface area contributed by atoms with Crippen LogP contribution in [-0.2, 0) is 14.0 Å². The van der Waals surface area contributed by atoms with E-state index in [-0.39, 0.29) is 17.4 Å². The molecule has 0 spiro atoms. The quantitative estimate of drug-likeness (QED) is 0.204. The third-order valence-corrected chi connectivity index (χ3v) is 5.62. The van der Waals surface area contributed by atoms with Crippen molar-refractivity contribution in [3.8, 4) is 11.5 Å². The molecule has 0 bridgehead atoms. The van der Waals surface area contributed by atoms with Gasteiger partial charge in [0.2, 0.25) is 0 Å². The van der Waals surface area contributed by atoms with E-state index >= 15 is 0 Å². The Morgan fingerprint density at radius 3 is 2.77 bits per heavy atom. The normalized spacial score (nSPS) is 15.9. The molecule has 1 aliphatic heterocycles. The number of aromatic hydroxyl groups is 1. The van der Waals surface area contributed by atoms with Gasteiger partial charge in [0.1, 0.15) is 5.75 Å². The molecule has 0 fully saturated rings. The minimum Gasteiger partial charge on any atom is -0.507 e. The van der Waals surface area contributed by atoms with Crippen LogP contribution in [0.4, 0.5) is 5.13 Å². The van der Waals surface area contributed by atoms with Crippen molar-refractivity contribution in [3.63, 3.8) is 0 Å². The van der Waals surface area contributed by atoms with E-state index in [0.29, 0.717) is 23.5 Å². The first kappa shape index (κ1) is 19.8. The average molecular weight is 421 g/mol. The molecule has 1 atom stereocenters. The second-order valence-electron chi connectivity index (χ2n) is 6.85. The molecule has 0 amide bonds. The largest absolute Gasteiger partial charge is 0.507 e. The maximum atomic E-state index is 12.6. The summed E-state index contributed by atoms with van der Waals surface area (Å²) < 4.78 is 11.1. The number of aromatic nitrogens is 1. The molecular weight excluding hydrogens is 400 g/mol. The average Bonchev–Trinajstić information content (AvgIpc) is 3.17. The zero-order valence-corrected chi connectivity index (χ0v) is 17.4. The minimum absolute atomic E-state index is 0.0728. The molecule has 1 aliphatic rings. The number of fused-ring (bicyclic) bond motifs is 1. The number of esters is 1. The second-order valence-corrected chi connectivity index (χ2v) is 8.08. The predicted molar refractivity (Wildman–Crippen MR) is 117 cm³/mol. The Morgan fingerprint density at radius 1 is 1.27 bits per heavy atom. The highest BCUT2D eigenvalue weighted by atomic mass is 32.1. The third kappa shape index (κ3) is 4.11. The van der Waals surface area contributed by atoms with Crippen molar-refractivity contribution < 1.29 is 19.1 Å². The zero-order valence-electron chi connectivity index (χ0n) is 16.6. The molecular formula is C23H21N2O4S+. The van der Waals surface area contributed by atoms with Crippen molar-refractivity contribution >= 4 is 34.3 Å². The fourth-order valence-corrected chi connectivity index (χ4v) is 4.04. The minimum atomic E-state index is -0.531. The van der Waals surface area contributed by atoms with Gasteiger partial charge in [-0.25, -0.2) is 14.2 Å². The summed E-state index contributed by atoms with van der Waals surface area (Å²) in [7, 11) is 1.33. The third-order valence-electron chi connectivity index (χ3n) is 4.78. The van der Waals surface area contributed by atoms with Crippen LogP contribution < -0.4 is 5.32 Å². The SMILES string of the molecule is COC(=O)C(=Cc1ccccc1O)C1=[O+]c2ccccc2C(Nc2ncc(C)s2)C1. The first-order valence-electron chi connectivity index (χ1n) is 9.45. The van der Waals surface area contributed by atoms with E-state index in [1.807, 2.05) is 37.4 Å². The molecule has 0 aliphatic carbocycles. The van der Waals surface area contributed by atoms with E-state index in [2.05, 4.69) is 10.3 Å². The molecule has 2 N–H and O–H groups in total. The van der Waals surface area contributed by atoms with Gasteiger partial charge in [0, 0.05) is 22.7 Å². The molecule has 1 aromatic heterocycles. The van der Waals surface area contributed by atoms with Gasteiger partial charge < -0.3 is 15.2 Å². The summed E-state index contributed by atoms with van der Waals surface area (Å²) in [5.41, 5.74) is 1.75. The number of anilines is 1. The van der Waals surface area contributed by atoms with E-state index < -0.39 is 5.97 Å². The Morgan fingerprint density at radius 2 is 2.03 bits per heavy atom. The molecule has 0 saturated heterocycles. The number of carbonyl (C=O) groups excluding carboxylic acids is 2. The molecule has 0 saturated carbocycles. The maximum Gasteiger partial charge on any atom is 0.358 e. The Kier molecular flexibility index (Phi) is 5.63. The molecule has 7 heteroatoms. The van der Waals surface area contributed by atoms with Crippen molar-refractivity contribution in [2.75, 3.05) is 12.4 Å². The van der Waals surface area contributed by atoms with Gasteiger partial charge in [-0.15, -0.1) is 11.3 Å². The number of rotatable bonds is 5. The van der Waals surface area contributed by atoms with Gasteiger partial charge in [-0.3, -0.25) is 0 Å². The molecule has 152 valence electrons. The Labute approximate surface area is 178 Å². The number of nitrogens with one attached hydrogen (secondary N) is 1. The van der Waals surface area contributed by atoms with Crippen molar-refractivity contribution in [1.29, 1.82) is 0 Å². The summed E-state index contributed by atoms with van der Waals surface area (Å²) in [6.45, 7) is 2.00. The topological polar surface area (TPSA) is 82.8 Å². The molecule has 30 heavy (non-hydrogen) atoms. The monoisotopic (exact) mass is 421 g/mol. The summed E-state index contributed by atoms with van der Waals surface area (Å²) in [6, 6.07) is 14.4. The summed E-state index contributed by atoms with van der Waals surface area (Å²) >= 11 is 1.57. The number of aryl methyl sites for hydroxylation is 1. The van der Waals surface area contributed by atoms with Crippen molar-refractivity contribution in [2.45, 2.75) is 19.4 Å². The predicted octanol–water partition coefficient (Wildman–Crippen LogP) is 4.79. The number of phenols is 1. The van der Waals surface area contributed by atoms with Crippen LogP contribution in [0.2, 0.25) is 0 Å². The van der Waals surface area contributed by atoms with E-state index in [9.17, 15) is 9.90 Å². The fraction of sp³-hybridized carbons (Fsp3) is 0.174. The lowest BCUT2D eigenvalue weighted by atomic mass is 9.94. The number of nitrogens with zero attached hydrogens (tertiary/aromatic N) is 1. The number of phenolic OH excluding ortho intramolecular Hbond substituents is 1. The summed E-state index contributed by atoms with van der Waals surface area (Å²) in [5.74, 6) is 0.673. The van der Waals surface area contributed by atoms with Crippen LogP contribution in [0.25, 0.3) is 6.08 Å². The molecule has 4 rings (SSSR count). The number of thiazole rings is 1. The van der Waals surface area contributed by atoms with Crippen molar-refractivity contribution in [3.05, 3.63) is 76.3 Å². The molecule has 1 unspecified atom stereocenters. The number of ether oxygens (including phenoxy) is 1. The molecule has 6 nitrogen and oxygen atoms in total.